The van der Waals surface area contributed by atoms with Gasteiger partial charge in [0.15, 0.2) is 0 Å². The number of sulfonamides is 1. The van der Waals surface area contributed by atoms with Crippen LogP contribution in [0.4, 0.5) is 4.39 Å². The molecule has 1 heterocycles. The first kappa shape index (κ1) is 17.8. The van der Waals surface area contributed by atoms with Gasteiger partial charge in [0, 0.05) is 25.6 Å². The van der Waals surface area contributed by atoms with Crippen LogP contribution in [0.2, 0.25) is 0 Å². The number of carbonyl (C=O) groups is 1. The van der Waals surface area contributed by atoms with Crippen molar-refractivity contribution in [2.75, 3.05) is 33.1 Å². The van der Waals surface area contributed by atoms with Gasteiger partial charge in [0.1, 0.15) is 5.82 Å². The van der Waals surface area contributed by atoms with Crippen LogP contribution < -0.4 is 5.32 Å². The number of halogens is 1. The second kappa shape index (κ2) is 6.94. The molecular formula is C15H21FN2O4S. The van der Waals surface area contributed by atoms with Gasteiger partial charge in [-0.25, -0.2) is 17.1 Å². The minimum absolute atomic E-state index is 0.0899. The average molecular weight is 344 g/mol. The van der Waals surface area contributed by atoms with E-state index in [-0.39, 0.29) is 36.8 Å². The van der Waals surface area contributed by atoms with E-state index in [0.717, 1.165) is 4.31 Å². The summed E-state index contributed by atoms with van der Waals surface area (Å²) in [5.41, 5.74) is 0.895. The lowest BCUT2D eigenvalue weighted by atomic mass is 10.0. The van der Waals surface area contributed by atoms with Crippen molar-refractivity contribution >= 4 is 15.9 Å². The quantitative estimate of drug-likeness (QED) is 0.856. The van der Waals surface area contributed by atoms with E-state index in [1.165, 1.54) is 32.3 Å². The molecule has 2 rings (SSSR count). The van der Waals surface area contributed by atoms with E-state index in [2.05, 4.69) is 5.32 Å². The van der Waals surface area contributed by atoms with Gasteiger partial charge in [-0.2, -0.15) is 0 Å². The van der Waals surface area contributed by atoms with Gasteiger partial charge in [0.05, 0.1) is 25.0 Å². The van der Waals surface area contributed by atoms with E-state index >= 15 is 0 Å². The predicted molar refractivity (Wildman–Crippen MR) is 84.2 cm³/mol. The third-order valence-corrected chi connectivity index (χ3v) is 5.89. The highest BCUT2D eigenvalue weighted by molar-refractivity contribution is 7.89. The molecule has 1 amide bonds. The van der Waals surface area contributed by atoms with Crippen molar-refractivity contribution in [2.24, 2.45) is 5.92 Å². The molecule has 1 aliphatic rings. The molecule has 0 saturated carbocycles. The maximum Gasteiger partial charge on any atom is 0.251 e. The first-order valence-electron chi connectivity index (χ1n) is 7.25. The number of hydrogen-bond donors (Lipinski definition) is 1. The van der Waals surface area contributed by atoms with Gasteiger partial charge in [0.2, 0.25) is 10.0 Å². The summed E-state index contributed by atoms with van der Waals surface area (Å²) in [4.78, 5) is 12.3. The van der Waals surface area contributed by atoms with Crippen LogP contribution in [0.25, 0.3) is 0 Å². The Labute approximate surface area is 135 Å². The van der Waals surface area contributed by atoms with Gasteiger partial charge in [-0.1, -0.05) is 0 Å². The number of aryl methyl sites for hydroxylation is 1. The van der Waals surface area contributed by atoms with E-state index < -0.39 is 15.8 Å². The zero-order chi connectivity index (χ0) is 17.2. The summed E-state index contributed by atoms with van der Waals surface area (Å²) in [5, 5.41) is 2.80. The number of benzene rings is 1. The lowest BCUT2D eigenvalue weighted by Gasteiger charge is -2.21. The van der Waals surface area contributed by atoms with Crippen molar-refractivity contribution in [3.05, 3.63) is 35.1 Å². The number of carbonyl (C=O) groups excluding carboxylic acids is 1. The molecule has 6 nitrogen and oxygen atoms in total. The Balaban J connectivity index is 2.08. The van der Waals surface area contributed by atoms with E-state index in [9.17, 15) is 17.6 Å². The first-order chi connectivity index (χ1) is 10.7. The maximum absolute atomic E-state index is 13.1. The van der Waals surface area contributed by atoms with Crippen molar-refractivity contribution in [3.63, 3.8) is 0 Å². The van der Waals surface area contributed by atoms with Gasteiger partial charge in [-0.15, -0.1) is 0 Å². The van der Waals surface area contributed by atoms with Crippen molar-refractivity contribution in [1.82, 2.24) is 9.62 Å². The van der Waals surface area contributed by atoms with E-state index in [1.807, 2.05) is 0 Å². The second-order valence-corrected chi connectivity index (χ2v) is 8.13. The number of nitrogens with zero attached hydrogens (tertiary/aromatic N) is 1. The molecule has 1 aromatic carbocycles. The fourth-order valence-corrected chi connectivity index (χ4v) is 3.64. The monoisotopic (exact) mass is 344 g/mol. The zero-order valence-electron chi connectivity index (χ0n) is 13.4. The third-order valence-electron chi connectivity index (χ3n) is 3.93. The summed E-state index contributed by atoms with van der Waals surface area (Å²) >= 11 is 0. The smallest absolute Gasteiger partial charge is 0.251 e. The Morgan fingerprint density at radius 3 is 2.70 bits per heavy atom. The number of amides is 1. The maximum atomic E-state index is 13.1. The number of ether oxygens (including phenoxy) is 1. The highest BCUT2D eigenvalue weighted by atomic mass is 32.2. The van der Waals surface area contributed by atoms with Crippen molar-refractivity contribution in [3.8, 4) is 0 Å². The standard InChI is InChI=1S/C15H21FN2O4S/c1-10-6-12(16)4-5-13(10)15(19)17-14-8-22-7-11(14)9-23(20,21)18(2)3/h4-6,11,14H,7-9H2,1-3H3,(H,17,19)/t11-,14+/m0/s1. The van der Waals surface area contributed by atoms with Crippen LogP contribution in [-0.4, -0.2) is 57.7 Å². The Kier molecular flexibility index (Phi) is 5.38. The summed E-state index contributed by atoms with van der Waals surface area (Å²) in [6, 6.07) is 3.54. The molecule has 1 N–H and O–H groups in total. The highest BCUT2D eigenvalue weighted by Gasteiger charge is 2.34. The van der Waals surface area contributed by atoms with Crippen LogP contribution in [0.5, 0.6) is 0 Å². The van der Waals surface area contributed by atoms with Crippen LogP contribution >= 0.6 is 0 Å². The molecule has 1 saturated heterocycles. The molecule has 1 fully saturated rings. The number of rotatable bonds is 5. The molecule has 128 valence electrons. The van der Waals surface area contributed by atoms with Gasteiger partial charge in [-0.05, 0) is 30.7 Å². The van der Waals surface area contributed by atoms with E-state index in [4.69, 9.17) is 4.74 Å². The van der Waals surface area contributed by atoms with Crippen LogP contribution in [0.1, 0.15) is 15.9 Å². The summed E-state index contributed by atoms with van der Waals surface area (Å²) in [7, 11) is -0.431. The fraction of sp³-hybridized carbons (Fsp3) is 0.533. The molecule has 1 aromatic rings. The number of nitrogens with one attached hydrogen (secondary N) is 1. The Morgan fingerprint density at radius 1 is 1.39 bits per heavy atom. The number of hydrogen-bond acceptors (Lipinski definition) is 4. The lowest BCUT2D eigenvalue weighted by Crippen LogP contribution is -2.43. The Bertz CT molecular complexity index is 691. The molecule has 0 aromatic heterocycles. The molecule has 0 bridgehead atoms. The fourth-order valence-electron chi connectivity index (χ4n) is 2.47. The average Bonchev–Trinajstić information content (AvgIpc) is 2.84. The van der Waals surface area contributed by atoms with Gasteiger partial charge in [-0.3, -0.25) is 4.79 Å². The summed E-state index contributed by atoms with van der Waals surface area (Å²) < 4.78 is 43.6. The topological polar surface area (TPSA) is 75.7 Å². The van der Waals surface area contributed by atoms with E-state index in [0.29, 0.717) is 11.1 Å². The largest absolute Gasteiger partial charge is 0.379 e. The van der Waals surface area contributed by atoms with Crippen LogP contribution in [0.3, 0.4) is 0 Å². The van der Waals surface area contributed by atoms with Crippen LogP contribution in [0.15, 0.2) is 18.2 Å². The SMILES string of the molecule is Cc1cc(F)ccc1C(=O)N[C@@H]1COC[C@H]1CS(=O)(=O)N(C)C. The molecule has 1 aliphatic heterocycles. The van der Waals surface area contributed by atoms with Crippen LogP contribution in [-0.2, 0) is 14.8 Å². The van der Waals surface area contributed by atoms with Gasteiger partial charge < -0.3 is 10.1 Å². The van der Waals surface area contributed by atoms with Crippen LogP contribution in [0, 0.1) is 18.7 Å². The Hall–Kier alpha value is -1.51. The van der Waals surface area contributed by atoms with Crippen molar-refractivity contribution in [2.45, 2.75) is 13.0 Å². The second-order valence-electron chi connectivity index (χ2n) is 5.90. The zero-order valence-corrected chi connectivity index (χ0v) is 14.2. The molecular weight excluding hydrogens is 323 g/mol. The third kappa shape index (κ3) is 4.27. The minimum Gasteiger partial charge on any atom is -0.379 e. The minimum atomic E-state index is -3.38. The molecule has 0 spiro atoms. The van der Waals surface area contributed by atoms with E-state index in [1.54, 1.807) is 6.92 Å². The normalized spacial score (nSPS) is 21.6. The molecule has 8 heteroatoms. The predicted octanol–water partition coefficient (Wildman–Crippen LogP) is 0.770. The molecule has 0 aliphatic carbocycles. The lowest BCUT2D eigenvalue weighted by molar-refractivity contribution is 0.0925. The molecule has 0 radical (unpaired) electrons. The Morgan fingerprint density at radius 2 is 2.09 bits per heavy atom. The summed E-state index contributed by atoms with van der Waals surface area (Å²) in [5.74, 6) is -1.16. The summed E-state index contributed by atoms with van der Waals surface area (Å²) in [6.45, 7) is 2.19. The first-order valence-corrected chi connectivity index (χ1v) is 8.86. The highest BCUT2D eigenvalue weighted by Crippen LogP contribution is 2.18. The van der Waals surface area contributed by atoms with Crippen molar-refractivity contribution < 1.29 is 22.3 Å². The van der Waals surface area contributed by atoms with Crippen molar-refractivity contribution in [1.29, 1.82) is 0 Å². The molecule has 23 heavy (non-hydrogen) atoms. The van der Waals surface area contributed by atoms with Gasteiger partial charge >= 0.3 is 0 Å². The summed E-state index contributed by atoms with van der Waals surface area (Å²) in [6.07, 6.45) is 0. The van der Waals surface area contributed by atoms with Gasteiger partial charge in [0.25, 0.3) is 5.91 Å². The molecule has 0 unspecified atom stereocenters. The molecule has 2 atom stereocenters.